The van der Waals surface area contributed by atoms with Gasteiger partial charge in [-0.15, -0.1) is 0 Å². The van der Waals surface area contributed by atoms with Crippen molar-refractivity contribution in [1.29, 1.82) is 0 Å². The molecule has 0 unspecified atom stereocenters. The Morgan fingerprint density at radius 1 is 1.24 bits per heavy atom. The molecule has 2 rings (SSSR count). The van der Waals surface area contributed by atoms with E-state index in [9.17, 15) is 9.18 Å². The molecular formula is C16H18FN3O. The van der Waals surface area contributed by atoms with E-state index in [0.717, 1.165) is 5.56 Å². The lowest BCUT2D eigenvalue weighted by molar-refractivity contribution is 0.0950. The van der Waals surface area contributed by atoms with E-state index in [1.807, 2.05) is 0 Å². The molecule has 0 radical (unpaired) electrons. The van der Waals surface area contributed by atoms with Crippen LogP contribution < -0.4 is 10.6 Å². The van der Waals surface area contributed by atoms with Crippen molar-refractivity contribution in [1.82, 2.24) is 10.3 Å². The number of anilines is 1. The van der Waals surface area contributed by atoms with E-state index in [4.69, 9.17) is 0 Å². The van der Waals surface area contributed by atoms with Crippen molar-refractivity contribution in [3.8, 4) is 0 Å². The molecule has 0 bridgehead atoms. The van der Waals surface area contributed by atoms with E-state index in [1.165, 1.54) is 6.20 Å². The Bertz CT molecular complexity index is 630. The third kappa shape index (κ3) is 3.56. The van der Waals surface area contributed by atoms with Crippen molar-refractivity contribution in [2.45, 2.75) is 20.4 Å². The van der Waals surface area contributed by atoms with E-state index < -0.39 is 0 Å². The van der Waals surface area contributed by atoms with Gasteiger partial charge in [-0.05, 0) is 42.7 Å². The van der Waals surface area contributed by atoms with Crippen molar-refractivity contribution < 1.29 is 9.18 Å². The Kier molecular flexibility index (Phi) is 4.52. The van der Waals surface area contributed by atoms with Crippen LogP contribution in [0.3, 0.4) is 0 Å². The van der Waals surface area contributed by atoms with Crippen LogP contribution >= 0.6 is 0 Å². The molecule has 0 spiro atoms. The second-order valence-corrected chi connectivity index (χ2v) is 4.91. The van der Waals surface area contributed by atoms with Gasteiger partial charge in [-0.2, -0.15) is 0 Å². The van der Waals surface area contributed by atoms with Crippen LogP contribution in [0.4, 0.5) is 10.2 Å². The molecule has 1 aromatic heterocycles. The number of benzene rings is 1. The van der Waals surface area contributed by atoms with Gasteiger partial charge in [0.15, 0.2) is 0 Å². The molecule has 0 saturated carbocycles. The van der Waals surface area contributed by atoms with Gasteiger partial charge >= 0.3 is 0 Å². The first-order valence-corrected chi connectivity index (χ1v) is 6.69. The molecule has 0 atom stereocenters. The number of halogens is 1. The Morgan fingerprint density at radius 2 is 1.90 bits per heavy atom. The third-order valence-electron chi connectivity index (χ3n) is 3.23. The van der Waals surface area contributed by atoms with Crippen molar-refractivity contribution >= 4 is 11.7 Å². The zero-order valence-electron chi connectivity index (χ0n) is 12.3. The fraction of sp³-hybridized carbons (Fsp3) is 0.250. The number of carbonyl (C=O) groups is 1. The summed E-state index contributed by atoms with van der Waals surface area (Å²) in [5.74, 6) is 0.304. The molecule has 0 aliphatic rings. The summed E-state index contributed by atoms with van der Waals surface area (Å²) < 4.78 is 13.5. The SMILES string of the molecule is CNc1ccc(C(=O)NCc2cc(C)c(F)c(C)c2)cn1. The lowest BCUT2D eigenvalue weighted by atomic mass is 10.1. The van der Waals surface area contributed by atoms with Crippen LogP contribution in [0.25, 0.3) is 0 Å². The quantitative estimate of drug-likeness (QED) is 0.909. The highest BCUT2D eigenvalue weighted by Gasteiger charge is 2.08. The van der Waals surface area contributed by atoms with E-state index >= 15 is 0 Å². The first-order valence-electron chi connectivity index (χ1n) is 6.69. The molecule has 1 amide bonds. The summed E-state index contributed by atoms with van der Waals surface area (Å²) in [4.78, 5) is 16.1. The van der Waals surface area contributed by atoms with E-state index in [1.54, 1.807) is 45.2 Å². The second kappa shape index (κ2) is 6.35. The maximum Gasteiger partial charge on any atom is 0.253 e. The maximum absolute atomic E-state index is 13.5. The van der Waals surface area contributed by atoms with E-state index in [2.05, 4.69) is 15.6 Å². The first-order chi connectivity index (χ1) is 10.0. The van der Waals surface area contributed by atoms with Gasteiger partial charge in [0, 0.05) is 19.8 Å². The molecule has 4 nitrogen and oxygen atoms in total. The molecule has 21 heavy (non-hydrogen) atoms. The normalized spacial score (nSPS) is 10.3. The monoisotopic (exact) mass is 287 g/mol. The molecule has 0 aliphatic carbocycles. The Morgan fingerprint density at radius 3 is 2.43 bits per heavy atom. The van der Waals surface area contributed by atoms with Crippen LogP contribution in [0.2, 0.25) is 0 Å². The minimum atomic E-state index is -0.204. The lowest BCUT2D eigenvalue weighted by Gasteiger charge is -2.09. The number of hydrogen-bond acceptors (Lipinski definition) is 3. The fourth-order valence-corrected chi connectivity index (χ4v) is 2.10. The highest BCUT2D eigenvalue weighted by molar-refractivity contribution is 5.94. The number of aromatic nitrogens is 1. The number of rotatable bonds is 4. The van der Waals surface area contributed by atoms with Crippen molar-refractivity contribution in [3.63, 3.8) is 0 Å². The van der Waals surface area contributed by atoms with Crippen LogP contribution in [0, 0.1) is 19.7 Å². The molecule has 110 valence electrons. The summed E-state index contributed by atoms with van der Waals surface area (Å²) in [5.41, 5.74) is 2.53. The molecule has 0 saturated heterocycles. The van der Waals surface area contributed by atoms with Crippen LogP contribution in [0.15, 0.2) is 30.5 Å². The summed E-state index contributed by atoms with van der Waals surface area (Å²) in [6.07, 6.45) is 1.52. The summed E-state index contributed by atoms with van der Waals surface area (Å²) in [6.45, 7) is 3.79. The topological polar surface area (TPSA) is 54.0 Å². The summed E-state index contributed by atoms with van der Waals surface area (Å²) in [5, 5.41) is 5.70. The van der Waals surface area contributed by atoms with Crippen LogP contribution in [-0.4, -0.2) is 17.9 Å². The highest BCUT2D eigenvalue weighted by Crippen LogP contribution is 2.14. The second-order valence-electron chi connectivity index (χ2n) is 4.91. The number of pyridine rings is 1. The van der Waals surface area contributed by atoms with Gasteiger partial charge in [-0.25, -0.2) is 9.37 Å². The first kappa shape index (κ1) is 15.0. The van der Waals surface area contributed by atoms with Gasteiger partial charge in [-0.3, -0.25) is 4.79 Å². The molecule has 5 heteroatoms. The van der Waals surface area contributed by atoms with Gasteiger partial charge in [0.2, 0.25) is 0 Å². The molecule has 0 fully saturated rings. The average molecular weight is 287 g/mol. The lowest BCUT2D eigenvalue weighted by Crippen LogP contribution is -2.23. The molecular weight excluding hydrogens is 269 g/mol. The number of nitrogens with zero attached hydrogens (tertiary/aromatic N) is 1. The molecule has 1 heterocycles. The van der Waals surface area contributed by atoms with Gasteiger partial charge < -0.3 is 10.6 Å². The predicted octanol–water partition coefficient (Wildman–Crippen LogP) is 2.81. The van der Waals surface area contributed by atoms with Crippen LogP contribution in [0.1, 0.15) is 27.0 Å². The molecule has 0 aliphatic heterocycles. The summed E-state index contributed by atoms with van der Waals surface area (Å²) in [7, 11) is 1.77. The zero-order chi connectivity index (χ0) is 15.4. The number of hydrogen-bond donors (Lipinski definition) is 2. The van der Waals surface area contributed by atoms with Crippen molar-refractivity contribution in [3.05, 3.63) is 58.5 Å². The van der Waals surface area contributed by atoms with Gasteiger partial charge in [-0.1, -0.05) is 12.1 Å². The molecule has 2 N–H and O–H groups in total. The molecule has 2 aromatic rings. The van der Waals surface area contributed by atoms with Crippen molar-refractivity contribution in [2.75, 3.05) is 12.4 Å². The van der Waals surface area contributed by atoms with Gasteiger partial charge in [0.05, 0.1) is 5.56 Å². The third-order valence-corrected chi connectivity index (χ3v) is 3.23. The largest absolute Gasteiger partial charge is 0.373 e. The minimum absolute atomic E-state index is 0.197. The van der Waals surface area contributed by atoms with Gasteiger partial charge in [0.1, 0.15) is 11.6 Å². The smallest absolute Gasteiger partial charge is 0.253 e. The van der Waals surface area contributed by atoms with Crippen LogP contribution in [0.5, 0.6) is 0 Å². The number of aryl methyl sites for hydroxylation is 2. The maximum atomic E-state index is 13.5. The van der Waals surface area contributed by atoms with Gasteiger partial charge in [0.25, 0.3) is 5.91 Å². The van der Waals surface area contributed by atoms with E-state index in [0.29, 0.717) is 29.1 Å². The van der Waals surface area contributed by atoms with Crippen molar-refractivity contribution in [2.24, 2.45) is 0 Å². The zero-order valence-corrected chi connectivity index (χ0v) is 12.3. The van der Waals surface area contributed by atoms with Crippen LogP contribution in [-0.2, 0) is 6.54 Å². The highest BCUT2D eigenvalue weighted by atomic mass is 19.1. The Hall–Kier alpha value is -2.43. The standard InChI is InChI=1S/C16H18FN3O/c1-10-6-12(7-11(2)15(10)17)8-20-16(21)13-4-5-14(18-3)19-9-13/h4-7,9H,8H2,1-3H3,(H,18,19)(H,20,21). The average Bonchev–Trinajstić information content (AvgIpc) is 2.50. The summed E-state index contributed by atoms with van der Waals surface area (Å²) in [6, 6.07) is 6.92. The Balaban J connectivity index is 2.03. The minimum Gasteiger partial charge on any atom is -0.373 e. The number of amides is 1. The fourth-order valence-electron chi connectivity index (χ4n) is 2.10. The van der Waals surface area contributed by atoms with E-state index in [-0.39, 0.29) is 11.7 Å². The number of carbonyl (C=O) groups excluding carboxylic acids is 1. The molecule has 1 aromatic carbocycles. The summed E-state index contributed by atoms with van der Waals surface area (Å²) >= 11 is 0. The number of nitrogens with one attached hydrogen (secondary N) is 2. The predicted molar refractivity (Wildman–Crippen MR) is 80.8 cm³/mol. The Labute approximate surface area is 123 Å².